The summed E-state index contributed by atoms with van der Waals surface area (Å²) >= 11 is 0. The summed E-state index contributed by atoms with van der Waals surface area (Å²) in [5.41, 5.74) is 6.81. The fourth-order valence-corrected chi connectivity index (χ4v) is 2.63. The first-order chi connectivity index (χ1) is 9.56. The number of nitrogens with zero attached hydrogens (tertiary/aromatic N) is 1. The topological polar surface area (TPSA) is 3.24 Å². The molecule has 0 fully saturated rings. The predicted molar refractivity (Wildman–Crippen MR) is 88.7 cm³/mol. The Morgan fingerprint density at radius 2 is 1.50 bits per heavy atom. The Morgan fingerprint density at radius 3 is 2.15 bits per heavy atom. The summed E-state index contributed by atoms with van der Waals surface area (Å²) in [7, 11) is 2.19. The summed E-state index contributed by atoms with van der Waals surface area (Å²) in [5.74, 6) is 0. The Kier molecular flexibility index (Phi) is 4.84. The van der Waals surface area contributed by atoms with Crippen LogP contribution in [0.1, 0.15) is 28.7 Å². The highest BCUT2D eigenvalue weighted by molar-refractivity contribution is 5.53. The molecular formula is C19H25N. The van der Waals surface area contributed by atoms with Gasteiger partial charge in [-0.3, -0.25) is 0 Å². The molecule has 0 radical (unpaired) electrons. The SMILES string of the molecule is Cc1ccc(CCCN(C)c2ccc(C)cc2C)cc1. The van der Waals surface area contributed by atoms with Crippen molar-refractivity contribution in [2.75, 3.05) is 18.5 Å². The van der Waals surface area contributed by atoms with Gasteiger partial charge in [-0.25, -0.2) is 0 Å². The predicted octanol–water partition coefficient (Wildman–Crippen LogP) is 4.68. The van der Waals surface area contributed by atoms with Crippen LogP contribution in [0, 0.1) is 20.8 Å². The van der Waals surface area contributed by atoms with E-state index in [-0.39, 0.29) is 0 Å². The molecule has 1 heteroatoms. The lowest BCUT2D eigenvalue weighted by molar-refractivity contribution is 0.784. The minimum atomic E-state index is 1.10. The second-order valence-corrected chi connectivity index (χ2v) is 5.80. The molecule has 0 heterocycles. The van der Waals surface area contributed by atoms with Crippen molar-refractivity contribution in [3.8, 4) is 0 Å². The molecule has 0 aliphatic heterocycles. The lowest BCUT2D eigenvalue weighted by Crippen LogP contribution is -2.20. The van der Waals surface area contributed by atoms with Gasteiger partial charge in [0, 0.05) is 19.3 Å². The van der Waals surface area contributed by atoms with Gasteiger partial charge in [-0.15, -0.1) is 0 Å². The second-order valence-electron chi connectivity index (χ2n) is 5.80. The van der Waals surface area contributed by atoms with E-state index in [0.29, 0.717) is 0 Å². The van der Waals surface area contributed by atoms with E-state index in [1.54, 1.807) is 0 Å². The van der Waals surface area contributed by atoms with Crippen LogP contribution in [0.4, 0.5) is 5.69 Å². The van der Waals surface area contributed by atoms with Crippen molar-refractivity contribution in [2.45, 2.75) is 33.6 Å². The van der Waals surface area contributed by atoms with Crippen molar-refractivity contribution in [3.63, 3.8) is 0 Å². The van der Waals surface area contributed by atoms with E-state index < -0.39 is 0 Å². The Balaban J connectivity index is 1.88. The van der Waals surface area contributed by atoms with Crippen LogP contribution in [-0.4, -0.2) is 13.6 Å². The van der Waals surface area contributed by atoms with E-state index in [9.17, 15) is 0 Å². The second kappa shape index (κ2) is 6.60. The van der Waals surface area contributed by atoms with Gasteiger partial charge in [0.1, 0.15) is 0 Å². The first-order valence-electron chi connectivity index (χ1n) is 7.40. The summed E-state index contributed by atoms with van der Waals surface area (Å²) in [4.78, 5) is 2.36. The Morgan fingerprint density at radius 1 is 0.850 bits per heavy atom. The minimum Gasteiger partial charge on any atom is -0.374 e. The van der Waals surface area contributed by atoms with Crippen LogP contribution < -0.4 is 4.90 Å². The molecule has 0 saturated carbocycles. The molecule has 2 aromatic rings. The number of benzene rings is 2. The third kappa shape index (κ3) is 3.86. The standard InChI is InChI=1S/C19H25N/c1-15-7-10-18(11-8-15)6-5-13-20(4)19-12-9-16(2)14-17(19)3/h7-12,14H,5-6,13H2,1-4H3. The van der Waals surface area contributed by atoms with Gasteiger partial charge in [0.15, 0.2) is 0 Å². The van der Waals surface area contributed by atoms with Crippen LogP contribution >= 0.6 is 0 Å². The lowest BCUT2D eigenvalue weighted by Gasteiger charge is -2.21. The van der Waals surface area contributed by atoms with Crippen LogP contribution in [0.5, 0.6) is 0 Å². The molecular weight excluding hydrogens is 242 g/mol. The molecule has 0 amide bonds. The Labute approximate surface area is 123 Å². The van der Waals surface area contributed by atoms with Gasteiger partial charge in [-0.2, -0.15) is 0 Å². The number of aryl methyl sites for hydroxylation is 4. The van der Waals surface area contributed by atoms with Crippen LogP contribution in [-0.2, 0) is 6.42 Å². The maximum Gasteiger partial charge on any atom is 0.0393 e. The number of anilines is 1. The van der Waals surface area contributed by atoms with Crippen molar-refractivity contribution < 1.29 is 0 Å². The molecule has 0 saturated heterocycles. The molecule has 0 N–H and O–H groups in total. The zero-order valence-electron chi connectivity index (χ0n) is 13.1. The van der Waals surface area contributed by atoms with Crippen LogP contribution in [0.2, 0.25) is 0 Å². The smallest absolute Gasteiger partial charge is 0.0393 e. The zero-order chi connectivity index (χ0) is 14.5. The van der Waals surface area contributed by atoms with Gasteiger partial charge < -0.3 is 4.90 Å². The van der Waals surface area contributed by atoms with Gasteiger partial charge in [-0.1, -0.05) is 47.5 Å². The molecule has 0 aromatic heterocycles. The maximum atomic E-state index is 2.36. The third-order valence-electron chi connectivity index (χ3n) is 3.84. The van der Waals surface area contributed by atoms with Gasteiger partial charge in [-0.05, 0) is 50.8 Å². The molecule has 0 atom stereocenters. The molecule has 2 rings (SSSR count). The molecule has 0 bridgehead atoms. The van der Waals surface area contributed by atoms with Crippen LogP contribution in [0.3, 0.4) is 0 Å². The average Bonchev–Trinajstić information content (AvgIpc) is 2.41. The van der Waals surface area contributed by atoms with Crippen molar-refractivity contribution in [1.29, 1.82) is 0 Å². The minimum absolute atomic E-state index is 1.10. The monoisotopic (exact) mass is 267 g/mol. The quantitative estimate of drug-likeness (QED) is 0.760. The van der Waals surface area contributed by atoms with Gasteiger partial charge >= 0.3 is 0 Å². The number of rotatable bonds is 5. The molecule has 0 aliphatic rings. The summed E-state index contributed by atoms with van der Waals surface area (Å²) in [5, 5.41) is 0. The van der Waals surface area contributed by atoms with E-state index >= 15 is 0 Å². The van der Waals surface area contributed by atoms with Gasteiger partial charge in [0.25, 0.3) is 0 Å². The van der Waals surface area contributed by atoms with Crippen LogP contribution in [0.15, 0.2) is 42.5 Å². The van der Waals surface area contributed by atoms with Gasteiger partial charge in [0.2, 0.25) is 0 Å². The lowest BCUT2D eigenvalue weighted by atomic mass is 10.1. The summed E-state index contributed by atoms with van der Waals surface area (Å²) < 4.78 is 0. The summed E-state index contributed by atoms with van der Waals surface area (Å²) in [6.07, 6.45) is 2.34. The largest absolute Gasteiger partial charge is 0.374 e. The first kappa shape index (κ1) is 14.6. The van der Waals surface area contributed by atoms with E-state index in [1.807, 2.05) is 0 Å². The third-order valence-corrected chi connectivity index (χ3v) is 3.84. The average molecular weight is 267 g/mol. The molecule has 106 valence electrons. The number of hydrogen-bond acceptors (Lipinski definition) is 1. The van der Waals surface area contributed by atoms with E-state index in [4.69, 9.17) is 0 Å². The van der Waals surface area contributed by atoms with Crippen LogP contribution in [0.25, 0.3) is 0 Å². The van der Waals surface area contributed by atoms with Gasteiger partial charge in [0.05, 0.1) is 0 Å². The normalized spacial score (nSPS) is 10.6. The first-order valence-corrected chi connectivity index (χ1v) is 7.40. The highest BCUT2D eigenvalue weighted by atomic mass is 15.1. The molecule has 0 unspecified atom stereocenters. The highest BCUT2D eigenvalue weighted by Crippen LogP contribution is 2.20. The van der Waals surface area contributed by atoms with Crippen molar-refractivity contribution in [3.05, 3.63) is 64.7 Å². The highest BCUT2D eigenvalue weighted by Gasteiger charge is 2.04. The summed E-state index contributed by atoms with van der Waals surface area (Å²) in [6.45, 7) is 7.57. The fourth-order valence-electron chi connectivity index (χ4n) is 2.63. The van der Waals surface area contributed by atoms with E-state index in [1.165, 1.54) is 34.4 Å². The molecule has 1 nitrogen and oxygen atoms in total. The van der Waals surface area contributed by atoms with E-state index in [2.05, 4.69) is 75.2 Å². The van der Waals surface area contributed by atoms with E-state index in [0.717, 1.165) is 13.0 Å². The van der Waals surface area contributed by atoms with Crippen molar-refractivity contribution >= 4 is 5.69 Å². The van der Waals surface area contributed by atoms with Crippen molar-refractivity contribution in [2.24, 2.45) is 0 Å². The number of hydrogen-bond donors (Lipinski definition) is 0. The molecule has 0 aliphatic carbocycles. The zero-order valence-corrected chi connectivity index (χ0v) is 13.1. The summed E-state index contributed by atoms with van der Waals surface area (Å²) in [6, 6.07) is 15.6. The molecule has 0 spiro atoms. The van der Waals surface area contributed by atoms with Crippen molar-refractivity contribution in [1.82, 2.24) is 0 Å². The molecule has 2 aromatic carbocycles. The molecule has 20 heavy (non-hydrogen) atoms. The fraction of sp³-hybridized carbons (Fsp3) is 0.368. The maximum absolute atomic E-state index is 2.36. The Hall–Kier alpha value is -1.76. The Bertz CT molecular complexity index is 554.